The van der Waals surface area contributed by atoms with Crippen molar-refractivity contribution in [2.75, 3.05) is 29.9 Å². The summed E-state index contributed by atoms with van der Waals surface area (Å²) < 4.78 is 5.92. The third kappa shape index (κ3) is 3.12. The van der Waals surface area contributed by atoms with E-state index >= 15 is 0 Å². The highest BCUT2D eigenvalue weighted by Crippen LogP contribution is 2.31. The lowest BCUT2D eigenvalue weighted by molar-refractivity contribution is 0.0302. The van der Waals surface area contributed by atoms with E-state index in [0.717, 1.165) is 37.1 Å². The Morgan fingerprint density at radius 1 is 1.24 bits per heavy atom. The van der Waals surface area contributed by atoms with Gasteiger partial charge in [-0.05, 0) is 19.8 Å². The van der Waals surface area contributed by atoms with Crippen LogP contribution in [-0.4, -0.2) is 41.8 Å². The molecule has 2 aliphatic rings. The number of nitrogens with zero attached hydrogens (tertiary/aromatic N) is 3. The van der Waals surface area contributed by atoms with Crippen molar-refractivity contribution in [1.29, 1.82) is 0 Å². The quantitative estimate of drug-likeness (QED) is 0.927. The fourth-order valence-electron chi connectivity index (χ4n) is 3.01. The van der Waals surface area contributed by atoms with Crippen molar-refractivity contribution in [2.45, 2.75) is 58.2 Å². The van der Waals surface area contributed by atoms with Crippen molar-refractivity contribution in [3.05, 3.63) is 11.9 Å². The van der Waals surface area contributed by atoms with Gasteiger partial charge in [-0.1, -0.05) is 20.8 Å². The summed E-state index contributed by atoms with van der Waals surface area (Å²) in [7, 11) is 0. The lowest BCUT2D eigenvalue weighted by Gasteiger charge is -2.33. The second kappa shape index (κ2) is 5.44. The maximum atomic E-state index is 5.92. The summed E-state index contributed by atoms with van der Waals surface area (Å²) in [4.78, 5) is 11.9. The average Bonchev–Trinajstić information content (AvgIpc) is 2.76. The van der Waals surface area contributed by atoms with Crippen LogP contribution < -0.4 is 10.2 Å². The van der Waals surface area contributed by atoms with E-state index in [1.807, 2.05) is 0 Å². The van der Waals surface area contributed by atoms with Crippen molar-refractivity contribution < 1.29 is 4.74 Å². The maximum absolute atomic E-state index is 5.92. The summed E-state index contributed by atoms with van der Waals surface area (Å²) in [6.45, 7) is 11.3. The van der Waals surface area contributed by atoms with Crippen LogP contribution in [0, 0.1) is 0 Å². The second-order valence-corrected chi connectivity index (χ2v) is 7.08. The van der Waals surface area contributed by atoms with Crippen molar-refractivity contribution in [1.82, 2.24) is 9.97 Å². The first-order valence-electron chi connectivity index (χ1n) is 7.99. The Kier molecular flexibility index (Phi) is 3.78. The minimum Gasteiger partial charge on any atom is -0.371 e. The highest BCUT2D eigenvalue weighted by Gasteiger charge is 2.34. The Hall–Kier alpha value is -1.36. The van der Waals surface area contributed by atoms with Gasteiger partial charge in [0, 0.05) is 31.1 Å². The molecule has 1 N–H and O–H groups in total. The Morgan fingerprint density at radius 2 is 1.90 bits per heavy atom. The van der Waals surface area contributed by atoms with Crippen LogP contribution in [0.5, 0.6) is 0 Å². The third-order valence-electron chi connectivity index (χ3n) is 4.11. The molecule has 0 amide bonds. The van der Waals surface area contributed by atoms with E-state index in [1.165, 1.54) is 12.8 Å². The van der Waals surface area contributed by atoms with Gasteiger partial charge in [-0.25, -0.2) is 9.97 Å². The maximum Gasteiger partial charge on any atom is 0.138 e. The largest absolute Gasteiger partial charge is 0.371 e. The van der Waals surface area contributed by atoms with E-state index in [4.69, 9.17) is 9.72 Å². The summed E-state index contributed by atoms with van der Waals surface area (Å²) >= 11 is 0. The number of nitrogens with one attached hydrogen (secondary N) is 1. The van der Waals surface area contributed by atoms with E-state index < -0.39 is 0 Å². The lowest BCUT2D eigenvalue weighted by atomic mass is 9.96. The summed E-state index contributed by atoms with van der Waals surface area (Å²) in [6.07, 6.45) is 3.11. The highest BCUT2D eigenvalue weighted by molar-refractivity contribution is 5.50. The Labute approximate surface area is 127 Å². The van der Waals surface area contributed by atoms with Crippen molar-refractivity contribution in [2.24, 2.45) is 0 Å². The third-order valence-corrected chi connectivity index (χ3v) is 4.11. The standard InChI is InChI=1S/C16H26N4O/c1-5-17-13-8-14(19-15(18-13)16(2,3)4)20-9-11-6-7-12(10-20)21-11/h8,11-12H,5-7,9-10H2,1-4H3,(H,17,18,19). The second-order valence-electron chi connectivity index (χ2n) is 7.08. The lowest BCUT2D eigenvalue weighted by Crippen LogP contribution is -2.43. The molecule has 3 heterocycles. The Morgan fingerprint density at radius 3 is 2.48 bits per heavy atom. The normalized spacial score (nSPS) is 25.2. The smallest absolute Gasteiger partial charge is 0.138 e. The molecule has 2 saturated heterocycles. The molecule has 3 rings (SSSR count). The molecule has 2 atom stereocenters. The molecule has 2 bridgehead atoms. The molecule has 0 spiro atoms. The zero-order chi connectivity index (χ0) is 15.0. The van der Waals surface area contributed by atoms with Gasteiger partial charge >= 0.3 is 0 Å². The van der Waals surface area contributed by atoms with Crippen LogP contribution in [0.15, 0.2) is 6.07 Å². The zero-order valence-corrected chi connectivity index (χ0v) is 13.5. The molecule has 0 radical (unpaired) electrons. The molecule has 2 unspecified atom stereocenters. The van der Waals surface area contributed by atoms with Crippen molar-refractivity contribution in [3.63, 3.8) is 0 Å². The van der Waals surface area contributed by atoms with Gasteiger partial charge in [0.15, 0.2) is 0 Å². The molecule has 1 aromatic rings. The molecule has 0 aromatic carbocycles. The number of fused-ring (bicyclic) bond motifs is 2. The van der Waals surface area contributed by atoms with Gasteiger partial charge in [0.1, 0.15) is 17.5 Å². The Bertz CT molecular complexity index is 499. The number of anilines is 2. The molecule has 21 heavy (non-hydrogen) atoms. The number of rotatable bonds is 3. The van der Waals surface area contributed by atoms with Gasteiger partial charge in [-0.3, -0.25) is 0 Å². The van der Waals surface area contributed by atoms with Gasteiger partial charge in [-0.2, -0.15) is 0 Å². The minimum atomic E-state index is -0.0501. The van der Waals surface area contributed by atoms with Crippen LogP contribution in [0.3, 0.4) is 0 Å². The summed E-state index contributed by atoms with van der Waals surface area (Å²) in [5, 5.41) is 3.33. The van der Waals surface area contributed by atoms with Crippen LogP contribution >= 0.6 is 0 Å². The van der Waals surface area contributed by atoms with Gasteiger partial charge < -0.3 is 15.0 Å². The summed E-state index contributed by atoms with van der Waals surface area (Å²) in [6, 6.07) is 2.07. The van der Waals surface area contributed by atoms with Gasteiger partial charge in [0.25, 0.3) is 0 Å². The Balaban J connectivity index is 1.91. The molecule has 116 valence electrons. The first-order chi connectivity index (χ1) is 9.95. The molecular weight excluding hydrogens is 264 g/mol. The van der Waals surface area contributed by atoms with Crippen molar-refractivity contribution >= 4 is 11.6 Å². The fraction of sp³-hybridized carbons (Fsp3) is 0.750. The van der Waals surface area contributed by atoms with Gasteiger partial charge in [0.2, 0.25) is 0 Å². The molecule has 5 nitrogen and oxygen atoms in total. The van der Waals surface area contributed by atoms with E-state index in [9.17, 15) is 0 Å². The first-order valence-corrected chi connectivity index (χ1v) is 7.99. The van der Waals surface area contributed by atoms with Crippen LogP contribution in [0.4, 0.5) is 11.6 Å². The number of ether oxygens (including phenoxy) is 1. The molecule has 1 aromatic heterocycles. The molecule has 5 heteroatoms. The average molecular weight is 290 g/mol. The van der Waals surface area contributed by atoms with E-state index in [-0.39, 0.29) is 5.41 Å². The highest BCUT2D eigenvalue weighted by atomic mass is 16.5. The van der Waals surface area contributed by atoms with Crippen LogP contribution in [0.25, 0.3) is 0 Å². The topological polar surface area (TPSA) is 50.3 Å². The molecule has 2 aliphatic heterocycles. The number of morpholine rings is 1. The van der Waals surface area contributed by atoms with E-state index in [1.54, 1.807) is 0 Å². The molecule has 0 saturated carbocycles. The van der Waals surface area contributed by atoms with Gasteiger partial charge in [-0.15, -0.1) is 0 Å². The zero-order valence-electron chi connectivity index (χ0n) is 13.5. The summed E-state index contributed by atoms with van der Waals surface area (Å²) in [5.41, 5.74) is -0.0501. The van der Waals surface area contributed by atoms with Crippen LogP contribution in [-0.2, 0) is 10.2 Å². The number of aromatic nitrogens is 2. The monoisotopic (exact) mass is 290 g/mol. The van der Waals surface area contributed by atoms with E-state index in [0.29, 0.717) is 12.2 Å². The van der Waals surface area contributed by atoms with Crippen LogP contribution in [0.2, 0.25) is 0 Å². The molecular formula is C16H26N4O. The molecule has 2 fully saturated rings. The van der Waals surface area contributed by atoms with Crippen molar-refractivity contribution in [3.8, 4) is 0 Å². The fourth-order valence-corrected chi connectivity index (χ4v) is 3.01. The predicted octanol–water partition coefficient (Wildman–Crippen LogP) is 2.57. The number of hydrogen-bond donors (Lipinski definition) is 1. The minimum absolute atomic E-state index is 0.0501. The van der Waals surface area contributed by atoms with Gasteiger partial charge in [0.05, 0.1) is 12.2 Å². The van der Waals surface area contributed by atoms with E-state index in [2.05, 4.69) is 49.0 Å². The van der Waals surface area contributed by atoms with Crippen LogP contribution in [0.1, 0.15) is 46.4 Å². The number of hydrogen-bond acceptors (Lipinski definition) is 5. The first kappa shape index (κ1) is 14.6. The SMILES string of the molecule is CCNc1cc(N2CC3CCC(C2)O3)nc(C(C)(C)C)n1. The summed E-state index contributed by atoms with van der Waals surface area (Å²) in [5.74, 6) is 2.85. The predicted molar refractivity (Wildman–Crippen MR) is 85.0 cm³/mol. The molecule has 0 aliphatic carbocycles.